The molecule has 0 saturated heterocycles. The second-order valence-electron chi connectivity index (χ2n) is 8.67. The SMILES string of the molecule is COc1ccc(C(C(=O)NC(C)(C)C)n2c(=O)c3c(C)cnn3c3ccccc32)cc1. The third-order valence-corrected chi connectivity index (χ3v) is 5.18. The van der Waals surface area contributed by atoms with E-state index in [-0.39, 0.29) is 11.5 Å². The zero-order valence-corrected chi connectivity index (χ0v) is 18.3. The Bertz CT molecular complexity index is 1330. The Balaban J connectivity index is 2.06. The summed E-state index contributed by atoms with van der Waals surface area (Å²) in [5.41, 5.74) is 2.57. The van der Waals surface area contributed by atoms with E-state index in [0.29, 0.717) is 22.3 Å². The van der Waals surface area contributed by atoms with Crippen molar-refractivity contribution < 1.29 is 9.53 Å². The van der Waals surface area contributed by atoms with Gasteiger partial charge >= 0.3 is 0 Å². The number of carbonyl (C=O) groups is 1. The lowest BCUT2D eigenvalue weighted by atomic mass is 10.0. The van der Waals surface area contributed by atoms with E-state index >= 15 is 0 Å². The van der Waals surface area contributed by atoms with Crippen LogP contribution in [-0.2, 0) is 4.79 Å². The lowest BCUT2D eigenvalue weighted by Gasteiger charge is -2.27. The van der Waals surface area contributed by atoms with Crippen molar-refractivity contribution in [1.82, 2.24) is 19.5 Å². The minimum Gasteiger partial charge on any atom is -0.497 e. The number of benzene rings is 2. The van der Waals surface area contributed by atoms with Gasteiger partial charge in [0.05, 0.1) is 24.3 Å². The smallest absolute Gasteiger partial charge is 0.278 e. The van der Waals surface area contributed by atoms with Crippen molar-refractivity contribution in [2.45, 2.75) is 39.3 Å². The third kappa shape index (κ3) is 3.67. The Morgan fingerprint density at radius 3 is 2.32 bits per heavy atom. The monoisotopic (exact) mass is 418 g/mol. The summed E-state index contributed by atoms with van der Waals surface area (Å²) in [6.07, 6.45) is 1.67. The van der Waals surface area contributed by atoms with Crippen molar-refractivity contribution in [2.24, 2.45) is 0 Å². The van der Waals surface area contributed by atoms with Gasteiger partial charge in [-0.05, 0) is 57.5 Å². The average Bonchev–Trinajstić information content (AvgIpc) is 3.12. The zero-order valence-electron chi connectivity index (χ0n) is 18.3. The van der Waals surface area contributed by atoms with Crippen LogP contribution in [0.15, 0.2) is 59.5 Å². The number of hydrogen-bond donors (Lipinski definition) is 1. The van der Waals surface area contributed by atoms with Gasteiger partial charge in [0.2, 0.25) is 5.91 Å². The molecule has 2 aromatic carbocycles. The van der Waals surface area contributed by atoms with E-state index in [0.717, 1.165) is 11.1 Å². The molecule has 0 aliphatic rings. The normalized spacial score (nSPS) is 12.8. The fourth-order valence-corrected chi connectivity index (χ4v) is 3.84. The van der Waals surface area contributed by atoms with E-state index in [1.165, 1.54) is 0 Å². The summed E-state index contributed by atoms with van der Waals surface area (Å²) >= 11 is 0. The molecular weight excluding hydrogens is 392 g/mol. The standard InChI is InChI=1S/C24H26N4O3/c1-15-14-25-28-19-9-7-6-8-18(19)27(23(30)20(15)28)21(22(29)26-24(2,3)4)16-10-12-17(31-5)13-11-16/h6-14,21H,1-5H3,(H,26,29). The largest absolute Gasteiger partial charge is 0.497 e. The van der Waals surface area contributed by atoms with Crippen LogP contribution in [0.3, 0.4) is 0 Å². The molecule has 1 unspecified atom stereocenters. The Labute approximate surface area is 180 Å². The first-order chi connectivity index (χ1) is 14.7. The van der Waals surface area contributed by atoms with Gasteiger partial charge in [0.1, 0.15) is 17.3 Å². The van der Waals surface area contributed by atoms with Crippen LogP contribution < -0.4 is 15.6 Å². The molecule has 4 rings (SSSR count). The van der Waals surface area contributed by atoms with Gasteiger partial charge in [0.15, 0.2) is 0 Å². The molecule has 31 heavy (non-hydrogen) atoms. The number of methoxy groups -OCH3 is 1. The topological polar surface area (TPSA) is 77.6 Å². The van der Waals surface area contributed by atoms with Crippen molar-refractivity contribution in [3.63, 3.8) is 0 Å². The van der Waals surface area contributed by atoms with E-state index in [4.69, 9.17) is 4.74 Å². The Morgan fingerprint density at radius 2 is 1.71 bits per heavy atom. The van der Waals surface area contributed by atoms with Crippen LogP contribution in [0.4, 0.5) is 0 Å². The number of amides is 1. The Hall–Kier alpha value is -3.61. The first kappa shape index (κ1) is 20.7. The van der Waals surface area contributed by atoms with Gasteiger partial charge in [-0.15, -0.1) is 0 Å². The van der Waals surface area contributed by atoms with E-state index < -0.39 is 11.6 Å². The van der Waals surface area contributed by atoms with Crippen molar-refractivity contribution in [3.8, 4) is 5.75 Å². The molecule has 0 bridgehead atoms. The second-order valence-corrected chi connectivity index (χ2v) is 8.67. The quantitative estimate of drug-likeness (QED) is 0.551. The summed E-state index contributed by atoms with van der Waals surface area (Å²) < 4.78 is 8.49. The van der Waals surface area contributed by atoms with Crippen molar-refractivity contribution in [3.05, 3.63) is 76.2 Å². The number of para-hydroxylation sites is 2. The van der Waals surface area contributed by atoms with Crippen LogP contribution >= 0.6 is 0 Å². The molecule has 2 heterocycles. The number of nitrogens with one attached hydrogen (secondary N) is 1. The third-order valence-electron chi connectivity index (χ3n) is 5.18. The van der Waals surface area contributed by atoms with Crippen molar-refractivity contribution >= 4 is 22.5 Å². The molecule has 160 valence electrons. The summed E-state index contributed by atoms with van der Waals surface area (Å²) in [5.74, 6) is 0.421. The highest BCUT2D eigenvalue weighted by Crippen LogP contribution is 2.26. The number of ether oxygens (including phenoxy) is 1. The minimum atomic E-state index is -0.859. The number of fused-ring (bicyclic) bond motifs is 3. The van der Waals surface area contributed by atoms with E-state index in [1.54, 1.807) is 34.5 Å². The van der Waals surface area contributed by atoms with E-state index in [1.807, 2.05) is 64.1 Å². The maximum atomic E-state index is 13.7. The first-order valence-electron chi connectivity index (χ1n) is 10.1. The van der Waals surface area contributed by atoms with Gasteiger partial charge in [0, 0.05) is 11.1 Å². The highest BCUT2D eigenvalue weighted by Gasteiger charge is 2.29. The van der Waals surface area contributed by atoms with Gasteiger partial charge in [-0.1, -0.05) is 24.3 Å². The predicted molar refractivity (Wildman–Crippen MR) is 121 cm³/mol. The van der Waals surface area contributed by atoms with Crippen molar-refractivity contribution in [1.29, 1.82) is 0 Å². The van der Waals surface area contributed by atoms with Crippen LogP contribution in [0.25, 0.3) is 16.6 Å². The maximum Gasteiger partial charge on any atom is 0.278 e. The number of aromatic nitrogens is 3. The molecule has 0 saturated carbocycles. The fourth-order valence-electron chi connectivity index (χ4n) is 3.84. The lowest BCUT2D eigenvalue weighted by Crippen LogP contribution is -2.46. The summed E-state index contributed by atoms with van der Waals surface area (Å²) in [4.78, 5) is 27.3. The molecule has 0 aliphatic carbocycles. The molecule has 0 fully saturated rings. The number of carbonyl (C=O) groups excluding carboxylic acids is 1. The van der Waals surface area contributed by atoms with Crippen LogP contribution in [0.1, 0.15) is 37.9 Å². The van der Waals surface area contributed by atoms with Gasteiger partial charge < -0.3 is 10.1 Å². The molecule has 7 nitrogen and oxygen atoms in total. The highest BCUT2D eigenvalue weighted by molar-refractivity contribution is 5.88. The van der Waals surface area contributed by atoms with Crippen molar-refractivity contribution in [2.75, 3.05) is 7.11 Å². The molecule has 0 aliphatic heterocycles. The Morgan fingerprint density at radius 1 is 1.06 bits per heavy atom. The van der Waals surface area contributed by atoms with Gasteiger partial charge in [-0.3, -0.25) is 14.2 Å². The molecule has 1 atom stereocenters. The van der Waals surface area contributed by atoms with Crippen LogP contribution in [0, 0.1) is 6.92 Å². The molecule has 1 N–H and O–H groups in total. The van der Waals surface area contributed by atoms with Crippen LogP contribution in [-0.4, -0.2) is 32.7 Å². The first-order valence-corrected chi connectivity index (χ1v) is 10.1. The molecule has 1 amide bonds. The summed E-state index contributed by atoms with van der Waals surface area (Å²) in [7, 11) is 1.59. The van der Waals surface area contributed by atoms with Crippen LogP contribution in [0.5, 0.6) is 5.75 Å². The van der Waals surface area contributed by atoms with E-state index in [9.17, 15) is 9.59 Å². The number of nitrogens with zero attached hydrogens (tertiary/aromatic N) is 3. The summed E-state index contributed by atoms with van der Waals surface area (Å²) in [6, 6.07) is 13.9. The highest BCUT2D eigenvalue weighted by atomic mass is 16.5. The number of rotatable bonds is 4. The molecule has 0 spiro atoms. The molecule has 0 radical (unpaired) electrons. The predicted octanol–water partition coefficient (Wildman–Crippen LogP) is 3.47. The number of hydrogen-bond acceptors (Lipinski definition) is 4. The lowest BCUT2D eigenvalue weighted by molar-refractivity contribution is -0.124. The van der Waals surface area contributed by atoms with Gasteiger partial charge in [0.25, 0.3) is 5.56 Å². The van der Waals surface area contributed by atoms with Gasteiger partial charge in [-0.2, -0.15) is 5.10 Å². The van der Waals surface area contributed by atoms with Gasteiger partial charge in [-0.25, -0.2) is 4.52 Å². The molecular formula is C24H26N4O3. The fraction of sp³-hybridized carbons (Fsp3) is 0.292. The Kier molecular flexibility index (Phi) is 5.05. The number of aryl methyl sites for hydroxylation is 1. The average molecular weight is 418 g/mol. The second kappa shape index (κ2) is 7.58. The van der Waals surface area contributed by atoms with Crippen LogP contribution in [0.2, 0.25) is 0 Å². The summed E-state index contributed by atoms with van der Waals surface area (Å²) in [6.45, 7) is 7.60. The van der Waals surface area contributed by atoms with E-state index in [2.05, 4.69) is 10.4 Å². The summed E-state index contributed by atoms with van der Waals surface area (Å²) in [5, 5.41) is 7.43. The zero-order chi connectivity index (χ0) is 22.3. The molecule has 2 aromatic heterocycles. The maximum absolute atomic E-state index is 13.7. The minimum absolute atomic E-state index is 0.258. The molecule has 7 heteroatoms. The molecule has 4 aromatic rings.